The molecule has 136 valence electrons. The van der Waals surface area contributed by atoms with Gasteiger partial charge in [-0.15, -0.1) is 5.10 Å². The van der Waals surface area contributed by atoms with Crippen molar-refractivity contribution in [3.05, 3.63) is 12.3 Å². The van der Waals surface area contributed by atoms with E-state index in [-0.39, 0.29) is 10.6 Å². The first-order valence-corrected chi connectivity index (χ1v) is 9.83. The number of aromatic nitrogens is 2. The molecule has 3 fully saturated rings. The molecule has 0 aliphatic heterocycles. The molecule has 26 heavy (non-hydrogen) atoms. The average Bonchev–Trinajstić information content (AvgIpc) is 3.42. The maximum Gasteiger partial charge on any atom is 0.435 e. The average molecular weight is 352 g/mol. The predicted octanol–water partition coefficient (Wildman–Crippen LogP) is -0.462. The third-order valence-corrected chi connectivity index (χ3v) is 7.37. The van der Waals surface area contributed by atoms with Crippen molar-refractivity contribution in [1.82, 2.24) is 9.78 Å². The molecule has 0 amide bonds. The summed E-state index contributed by atoms with van der Waals surface area (Å²) < 4.78 is 12.9. The fourth-order valence-corrected chi connectivity index (χ4v) is 5.48. The Hall–Kier alpha value is -1.26. The van der Waals surface area contributed by atoms with Gasteiger partial charge in [0, 0.05) is 17.7 Å². The lowest BCUT2D eigenvalue weighted by molar-refractivity contribution is 0.0510. The molecule has 5 nitrogen and oxygen atoms in total. The number of fused-ring (bicyclic) bond motifs is 1. The van der Waals surface area contributed by atoms with Crippen molar-refractivity contribution >= 4 is 37.5 Å². The van der Waals surface area contributed by atoms with Gasteiger partial charge in [0.2, 0.25) is 5.88 Å². The molecule has 0 unspecified atom stereocenters. The lowest BCUT2D eigenvalue weighted by Crippen LogP contribution is -2.52. The summed E-state index contributed by atoms with van der Waals surface area (Å²) in [5.74, 6) is 1.22. The first-order valence-electron chi connectivity index (χ1n) is 9.83. The summed E-state index contributed by atoms with van der Waals surface area (Å²) in [5, 5.41) is 3.98. The lowest BCUT2D eigenvalue weighted by Gasteiger charge is -2.43. The number of hydrogen-bond donors (Lipinski definition) is 0. The number of nitrogens with zero attached hydrogens (tertiary/aromatic N) is 2. The zero-order valence-corrected chi connectivity index (χ0v) is 17.2. The van der Waals surface area contributed by atoms with Crippen molar-refractivity contribution in [2.75, 3.05) is 0 Å². The monoisotopic (exact) mass is 352 g/mol. The highest BCUT2D eigenvalue weighted by molar-refractivity contribution is 6.54. The maximum atomic E-state index is 12.2. The van der Waals surface area contributed by atoms with Crippen molar-refractivity contribution in [3.8, 4) is 5.88 Å². The molecule has 1 heterocycles. The SMILES string of the molecule is BC(B)(Oc1ccn(C(=O)OC(C)(C)C)n1)C(B)(B)C1C2(CC2)C12CC2. The Morgan fingerprint density at radius 3 is 2.15 bits per heavy atom. The normalized spacial score (nSPS) is 23.0. The molecular weight excluding hydrogens is 323 g/mol. The minimum absolute atomic E-state index is 0.0513. The van der Waals surface area contributed by atoms with Gasteiger partial charge in [-0.3, -0.25) is 0 Å². The Bertz CT molecular complexity index is 742. The molecule has 0 bridgehead atoms. The van der Waals surface area contributed by atoms with Crippen LogP contribution in [0.2, 0.25) is 5.21 Å². The van der Waals surface area contributed by atoms with Gasteiger partial charge in [0.05, 0.1) is 0 Å². The fraction of sp³-hybridized carbons (Fsp3) is 0.765. The Balaban J connectivity index is 1.48. The standard InChI is InChI=1S/C17H28B4N2O3/c1-13(2,3)26-12(24)23-9-4-10(22-23)25-17(20,21)16(18,19)11-14(5-6-14)15(11)7-8-15/h4,9,11H,5-8,18-21H2,1-3H3. The van der Waals surface area contributed by atoms with Crippen LogP contribution in [0.25, 0.3) is 0 Å². The van der Waals surface area contributed by atoms with Crippen LogP contribution in [-0.4, -0.2) is 58.3 Å². The van der Waals surface area contributed by atoms with Crippen LogP contribution >= 0.6 is 0 Å². The second-order valence-corrected chi connectivity index (χ2v) is 10.7. The van der Waals surface area contributed by atoms with Crippen LogP contribution in [0, 0.1) is 16.7 Å². The Labute approximate surface area is 159 Å². The van der Waals surface area contributed by atoms with E-state index in [9.17, 15) is 4.79 Å². The minimum Gasteiger partial charge on any atom is -0.490 e. The molecule has 0 radical (unpaired) electrons. The van der Waals surface area contributed by atoms with Crippen LogP contribution < -0.4 is 4.74 Å². The topological polar surface area (TPSA) is 53.4 Å². The van der Waals surface area contributed by atoms with Gasteiger partial charge < -0.3 is 9.47 Å². The van der Waals surface area contributed by atoms with E-state index >= 15 is 0 Å². The predicted molar refractivity (Wildman–Crippen MR) is 111 cm³/mol. The first kappa shape index (κ1) is 18.1. The highest BCUT2D eigenvalue weighted by atomic mass is 16.6. The van der Waals surface area contributed by atoms with Crippen LogP contribution in [0.3, 0.4) is 0 Å². The van der Waals surface area contributed by atoms with Crippen LogP contribution in [0.4, 0.5) is 4.79 Å². The van der Waals surface area contributed by atoms with Gasteiger partial charge >= 0.3 is 6.09 Å². The van der Waals surface area contributed by atoms with Gasteiger partial charge in [-0.1, -0.05) is 5.21 Å². The molecule has 0 aromatic carbocycles. The number of carbonyl (C=O) groups excluding carboxylic acids is 1. The van der Waals surface area contributed by atoms with Crippen LogP contribution in [0.5, 0.6) is 5.88 Å². The van der Waals surface area contributed by atoms with E-state index in [1.807, 2.05) is 20.8 Å². The van der Waals surface area contributed by atoms with Gasteiger partial charge in [-0.2, -0.15) is 4.68 Å². The highest BCUT2D eigenvalue weighted by Crippen LogP contribution is 2.96. The minimum atomic E-state index is -0.547. The summed E-state index contributed by atoms with van der Waals surface area (Å²) in [7, 11) is 9.00. The van der Waals surface area contributed by atoms with E-state index in [1.54, 1.807) is 12.3 Å². The number of carbonyl (C=O) groups is 1. The molecule has 0 atom stereocenters. The zero-order valence-electron chi connectivity index (χ0n) is 17.2. The van der Waals surface area contributed by atoms with Gasteiger partial charge in [0.1, 0.15) is 37.0 Å². The largest absolute Gasteiger partial charge is 0.490 e. The van der Waals surface area contributed by atoms with E-state index in [0.29, 0.717) is 16.7 Å². The summed E-state index contributed by atoms with van der Waals surface area (Å²) in [6, 6.07) is 1.74. The molecule has 0 saturated heterocycles. The van der Waals surface area contributed by atoms with Crippen LogP contribution in [0.15, 0.2) is 12.3 Å². The van der Waals surface area contributed by atoms with Crippen LogP contribution in [-0.2, 0) is 4.74 Å². The summed E-state index contributed by atoms with van der Waals surface area (Å²) in [5.41, 5.74) is 0.689. The Morgan fingerprint density at radius 2 is 1.69 bits per heavy atom. The smallest absolute Gasteiger partial charge is 0.435 e. The van der Waals surface area contributed by atoms with Gasteiger partial charge in [-0.05, 0) is 63.2 Å². The Morgan fingerprint density at radius 1 is 1.15 bits per heavy atom. The van der Waals surface area contributed by atoms with Crippen molar-refractivity contribution < 1.29 is 14.3 Å². The maximum absolute atomic E-state index is 12.2. The molecule has 9 heteroatoms. The summed E-state index contributed by atoms with van der Waals surface area (Å²) in [6.45, 7) is 5.53. The van der Waals surface area contributed by atoms with E-state index in [1.165, 1.54) is 30.4 Å². The Kier molecular flexibility index (Phi) is 3.46. The van der Waals surface area contributed by atoms with Crippen molar-refractivity contribution in [2.24, 2.45) is 16.7 Å². The van der Waals surface area contributed by atoms with E-state index < -0.39 is 11.7 Å². The van der Waals surface area contributed by atoms with Gasteiger partial charge in [0.25, 0.3) is 0 Å². The number of ether oxygens (including phenoxy) is 2. The number of hydrogen-bond acceptors (Lipinski definition) is 4. The summed E-state index contributed by atoms with van der Waals surface area (Å²) in [6.07, 6.45) is 6.69. The second-order valence-electron chi connectivity index (χ2n) is 10.7. The molecule has 2 spiro atoms. The fourth-order valence-electron chi connectivity index (χ4n) is 5.48. The van der Waals surface area contributed by atoms with E-state index in [2.05, 4.69) is 36.5 Å². The zero-order chi connectivity index (χ0) is 19.2. The van der Waals surface area contributed by atoms with Gasteiger partial charge in [-0.25, -0.2) is 4.79 Å². The molecule has 3 aliphatic rings. The van der Waals surface area contributed by atoms with E-state index in [0.717, 1.165) is 5.92 Å². The van der Waals surface area contributed by atoms with E-state index in [4.69, 9.17) is 9.47 Å². The molecule has 1 aromatic rings. The molecule has 4 rings (SSSR count). The second kappa shape index (κ2) is 4.96. The highest BCUT2D eigenvalue weighted by Gasteiger charge is 2.89. The summed E-state index contributed by atoms with van der Waals surface area (Å²) in [4.78, 5) is 12.2. The summed E-state index contributed by atoms with van der Waals surface area (Å²) >= 11 is 0. The van der Waals surface area contributed by atoms with Crippen LogP contribution in [0.1, 0.15) is 46.5 Å². The van der Waals surface area contributed by atoms with Crippen molar-refractivity contribution in [3.63, 3.8) is 0 Å². The quantitative estimate of drug-likeness (QED) is 0.689. The number of rotatable bonds is 4. The van der Waals surface area contributed by atoms with Crippen molar-refractivity contribution in [2.45, 2.75) is 62.7 Å². The third kappa shape index (κ3) is 2.49. The molecular formula is C17H28B4N2O3. The molecule has 0 N–H and O–H groups in total. The molecule has 3 aliphatic carbocycles. The van der Waals surface area contributed by atoms with Gasteiger partial charge in [0.15, 0.2) is 0 Å². The molecule has 1 aromatic heterocycles. The van der Waals surface area contributed by atoms with Crippen molar-refractivity contribution in [1.29, 1.82) is 0 Å². The first-order chi connectivity index (χ1) is 11.8. The lowest BCUT2D eigenvalue weighted by atomic mass is 9.33. The molecule has 3 saturated carbocycles. The third-order valence-electron chi connectivity index (χ3n) is 7.37.